The third kappa shape index (κ3) is 13.1. The lowest BCUT2D eigenvalue weighted by Crippen LogP contribution is -2.26. The smallest absolute Gasteiger partial charge is 0.245 e. The predicted molar refractivity (Wildman–Crippen MR) is 147 cm³/mol. The Balaban J connectivity index is 1.68. The summed E-state index contributed by atoms with van der Waals surface area (Å²) in [6.45, 7) is 6.03. The maximum atomic E-state index is 14.9. The molecule has 1 unspecified atom stereocenters. The highest BCUT2D eigenvalue weighted by Gasteiger charge is 2.24. The van der Waals surface area contributed by atoms with Crippen LogP contribution < -0.4 is 4.74 Å². The van der Waals surface area contributed by atoms with Crippen LogP contribution in [0.15, 0.2) is 36.7 Å². The number of aromatic nitrogens is 2. The molecule has 35 heavy (non-hydrogen) atoms. The van der Waals surface area contributed by atoms with Gasteiger partial charge in [-0.1, -0.05) is 97.3 Å². The van der Waals surface area contributed by atoms with Gasteiger partial charge in [0.25, 0.3) is 0 Å². The Labute approximate surface area is 214 Å². The zero-order valence-electron chi connectivity index (χ0n) is 22.7. The zero-order chi connectivity index (χ0) is 25.2. The molecule has 0 aliphatic rings. The fourth-order valence-corrected chi connectivity index (χ4v) is 4.46. The van der Waals surface area contributed by atoms with Crippen LogP contribution in [0.25, 0.3) is 11.4 Å². The molecule has 4 heteroatoms. The van der Waals surface area contributed by atoms with Crippen molar-refractivity contribution < 1.29 is 9.13 Å². The number of nitrogens with zero attached hydrogens (tertiary/aromatic N) is 2. The molecule has 196 valence electrons. The summed E-state index contributed by atoms with van der Waals surface area (Å²) in [4.78, 5) is 9.08. The number of aryl methyl sites for hydroxylation is 1. The molecule has 0 radical (unpaired) electrons. The Kier molecular flexibility index (Phi) is 14.6. The van der Waals surface area contributed by atoms with Crippen molar-refractivity contribution in [1.29, 1.82) is 0 Å². The van der Waals surface area contributed by atoms with Crippen molar-refractivity contribution in [3.63, 3.8) is 0 Å². The summed E-state index contributed by atoms with van der Waals surface area (Å²) in [7, 11) is 0. The van der Waals surface area contributed by atoms with Crippen LogP contribution in [0.5, 0.6) is 5.75 Å². The first kappa shape index (κ1) is 29.3. The standard InChI is InChI=1S/C31H49FN2O/c1-4-6-8-10-12-13-14-16-18-24-31(3,32)35-29-22-20-28(21-23-29)30-33-25-27(26-34-30)19-17-15-11-9-7-5-2/h20-23,25-26H,4-19,24H2,1-3H3. The number of ether oxygens (including phenoxy) is 1. The fourth-order valence-electron chi connectivity index (χ4n) is 4.46. The zero-order valence-corrected chi connectivity index (χ0v) is 22.7. The highest BCUT2D eigenvalue weighted by Crippen LogP contribution is 2.27. The lowest BCUT2D eigenvalue weighted by atomic mass is 10.0. The number of alkyl halides is 1. The molecule has 0 spiro atoms. The monoisotopic (exact) mass is 484 g/mol. The molecular weight excluding hydrogens is 435 g/mol. The average Bonchev–Trinajstić information content (AvgIpc) is 2.86. The van der Waals surface area contributed by atoms with Gasteiger partial charge < -0.3 is 4.74 Å². The van der Waals surface area contributed by atoms with Gasteiger partial charge in [-0.25, -0.2) is 9.97 Å². The number of hydrogen-bond acceptors (Lipinski definition) is 3. The number of halogens is 1. The minimum Gasteiger partial charge on any atom is -0.458 e. The molecule has 1 aromatic heterocycles. The van der Waals surface area contributed by atoms with E-state index in [1.54, 1.807) is 0 Å². The molecule has 1 heterocycles. The van der Waals surface area contributed by atoms with Crippen molar-refractivity contribution in [2.75, 3.05) is 0 Å². The van der Waals surface area contributed by atoms with Gasteiger partial charge in [0.15, 0.2) is 5.82 Å². The Morgan fingerprint density at radius 2 is 1.17 bits per heavy atom. The van der Waals surface area contributed by atoms with E-state index in [0.717, 1.165) is 24.8 Å². The quantitative estimate of drug-likeness (QED) is 0.175. The molecule has 0 aliphatic carbocycles. The summed E-state index contributed by atoms with van der Waals surface area (Å²) in [6, 6.07) is 7.45. The van der Waals surface area contributed by atoms with Crippen LogP contribution in [0, 0.1) is 0 Å². The summed E-state index contributed by atoms with van der Waals surface area (Å²) in [5.41, 5.74) is 2.11. The number of benzene rings is 1. The van der Waals surface area contributed by atoms with Gasteiger partial charge in [0.05, 0.1) is 0 Å². The van der Waals surface area contributed by atoms with Gasteiger partial charge in [-0.2, -0.15) is 4.39 Å². The minimum atomic E-state index is -1.64. The second-order valence-electron chi connectivity index (χ2n) is 10.2. The van der Waals surface area contributed by atoms with Gasteiger partial charge in [0.2, 0.25) is 5.85 Å². The second kappa shape index (κ2) is 17.5. The summed E-state index contributed by atoms with van der Waals surface area (Å²) >= 11 is 0. The molecule has 2 rings (SSSR count). The van der Waals surface area contributed by atoms with Gasteiger partial charge in [-0.15, -0.1) is 0 Å². The van der Waals surface area contributed by atoms with Gasteiger partial charge in [-0.05, 0) is 49.1 Å². The van der Waals surface area contributed by atoms with E-state index in [9.17, 15) is 4.39 Å². The van der Waals surface area contributed by atoms with Crippen molar-refractivity contribution in [3.8, 4) is 17.1 Å². The summed E-state index contributed by atoms with van der Waals surface area (Å²) < 4.78 is 20.6. The molecule has 1 aromatic carbocycles. The molecule has 0 aliphatic heterocycles. The van der Waals surface area contributed by atoms with Crippen LogP contribution in [0.2, 0.25) is 0 Å². The van der Waals surface area contributed by atoms with Crippen LogP contribution in [0.4, 0.5) is 4.39 Å². The van der Waals surface area contributed by atoms with Crippen molar-refractivity contribution >= 4 is 0 Å². The lowest BCUT2D eigenvalue weighted by molar-refractivity contribution is -0.0530. The van der Waals surface area contributed by atoms with E-state index in [2.05, 4.69) is 23.8 Å². The lowest BCUT2D eigenvalue weighted by Gasteiger charge is -2.22. The highest BCUT2D eigenvalue weighted by atomic mass is 19.2. The van der Waals surface area contributed by atoms with Crippen molar-refractivity contribution in [3.05, 3.63) is 42.2 Å². The Bertz CT molecular complexity index is 774. The molecule has 0 saturated carbocycles. The molecule has 0 amide bonds. The molecule has 1 atom stereocenters. The van der Waals surface area contributed by atoms with Crippen LogP contribution in [0.3, 0.4) is 0 Å². The van der Waals surface area contributed by atoms with Gasteiger partial charge >= 0.3 is 0 Å². The van der Waals surface area contributed by atoms with Crippen molar-refractivity contribution in [2.45, 2.75) is 136 Å². The first-order chi connectivity index (χ1) is 17.0. The third-order valence-corrected chi connectivity index (χ3v) is 6.69. The highest BCUT2D eigenvalue weighted by molar-refractivity contribution is 5.55. The molecule has 2 aromatic rings. The van der Waals surface area contributed by atoms with Crippen LogP contribution in [-0.4, -0.2) is 15.8 Å². The SMILES string of the molecule is CCCCCCCCCCCC(C)(F)Oc1ccc(-c2ncc(CCCCCCCC)cn2)cc1. The van der Waals surface area contributed by atoms with E-state index >= 15 is 0 Å². The fraction of sp³-hybridized carbons (Fsp3) is 0.677. The van der Waals surface area contributed by atoms with Gasteiger partial charge in [-0.3, -0.25) is 0 Å². The Hall–Kier alpha value is -1.97. The topological polar surface area (TPSA) is 35.0 Å². The molecule has 0 bridgehead atoms. The summed E-state index contributed by atoms with van der Waals surface area (Å²) in [5, 5.41) is 0. The van der Waals surface area contributed by atoms with Crippen LogP contribution in [0.1, 0.15) is 129 Å². The summed E-state index contributed by atoms with van der Waals surface area (Å²) in [6.07, 6.45) is 24.1. The average molecular weight is 485 g/mol. The van der Waals surface area contributed by atoms with Crippen LogP contribution >= 0.6 is 0 Å². The largest absolute Gasteiger partial charge is 0.458 e. The molecule has 3 nitrogen and oxygen atoms in total. The van der Waals surface area contributed by atoms with Gasteiger partial charge in [0.1, 0.15) is 5.75 Å². The van der Waals surface area contributed by atoms with E-state index in [1.165, 1.54) is 96.0 Å². The van der Waals surface area contributed by atoms with Crippen LogP contribution in [-0.2, 0) is 6.42 Å². The van der Waals surface area contributed by atoms with E-state index < -0.39 is 5.85 Å². The first-order valence-electron chi connectivity index (χ1n) is 14.3. The predicted octanol–water partition coefficient (Wildman–Crippen LogP) is 10.0. The number of unbranched alkanes of at least 4 members (excludes halogenated alkanes) is 13. The number of hydrogen-bond donors (Lipinski definition) is 0. The van der Waals surface area contributed by atoms with Gasteiger partial charge in [0, 0.05) is 31.3 Å². The van der Waals surface area contributed by atoms with E-state index in [-0.39, 0.29) is 0 Å². The Morgan fingerprint density at radius 3 is 1.71 bits per heavy atom. The number of rotatable bonds is 20. The summed E-state index contributed by atoms with van der Waals surface area (Å²) in [5.74, 6) is -0.396. The minimum absolute atomic E-state index is 0.424. The van der Waals surface area contributed by atoms with E-state index in [0.29, 0.717) is 18.0 Å². The first-order valence-corrected chi connectivity index (χ1v) is 14.3. The third-order valence-electron chi connectivity index (χ3n) is 6.69. The van der Waals surface area contributed by atoms with E-state index in [4.69, 9.17) is 4.74 Å². The normalized spacial score (nSPS) is 13.0. The maximum Gasteiger partial charge on any atom is 0.245 e. The Morgan fingerprint density at radius 1 is 0.686 bits per heavy atom. The van der Waals surface area contributed by atoms with Crippen molar-refractivity contribution in [2.24, 2.45) is 0 Å². The molecule has 0 saturated heterocycles. The molecule has 0 N–H and O–H groups in total. The molecular formula is C31H49FN2O. The maximum absolute atomic E-state index is 14.9. The van der Waals surface area contributed by atoms with Crippen molar-refractivity contribution in [1.82, 2.24) is 9.97 Å². The second-order valence-corrected chi connectivity index (χ2v) is 10.2. The van der Waals surface area contributed by atoms with E-state index in [1.807, 2.05) is 36.7 Å². The molecule has 0 fully saturated rings.